The highest BCUT2D eigenvalue weighted by Gasteiger charge is 2.17. The highest BCUT2D eigenvalue weighted by molar-refractivity contribution is 7.87. The second-order valence-corrected chi connectivity index (χ2v) is 11.3. The van der Waals surface area contributed by atoms with Crippen LogP contribution in [0.1, 0.15) is 103 Å². The minimum Gasteiger partial charge on any atom is -0.382 e. The fourth-order valence-corrected chi connectivity index (χ4v) is 5.11. The number of hydrogen-bond acceptors (Lipinski definition) is 7. The molecule has 0 atom stereocenters. The SMILES string of the molecule is CCCCCCCCCCCCCCCCS(=O)(=O)Oc1ccc(Cl)c(N=C(CC#N)C(C#N)C#N)c1. The van der Waals surface area contributed by atoms with Gasteiger partial charge in [0.2, 0.25) is 0 Å². The van der Waals surface area contributed by atoms with Crippen LogP contribution in [0.25, 0.3) is 0 Å². The minimum absolute atomic E-state index is 0.0373. The largest absolute Gasteiger partial charge is 0.382 e. The maximum atomic E-state index is 12.4. The van der Waals surface area contributed by atoms with Crippen molar-refractivity contribution in [3.05, 3.63) is 23.2 Å². The van der Waals surface area contributed by atoms with Crippen molar-refractivity contribution in [2.75, 3.05) is 5.75 Å². The molecule has 0 aliphatic carbocycles. The summed E-state index contributed by atoms with van der Waals surface area (Å²) in [7, 11) is -3.79. The quantitative estimate of drug-likeness (QED) is 0.0920. The fourth-order valence-electron chi connectivity index (χ4n) is 3.91. The highest BCUT2D eigenvalue weighted by Crippen LogP contribution is 2.31. The van der Waals surface area contributed by atoms with Crippen LogP contribution in [0.3, 0.4) is 0 Å². The van der Waals surface area contributed by atoms with Crippen molar-refractivity contribution in [1.29, 1.82) is 15.8 Å². The van der Waals surface area contributed by atoms with E-state index >= 15 is 0 Å². The van der Waals surface area contributed by atoms with Gasteiger partial charge in [-0.3, -0.25) is 4.99 Å². The molecule has 0 saturated carbocycles. The van der Waals surface area contributed by atoms with Crippen molar-refractivity contribution in [2.24, 2.45) is 10.9 Å². The molecule has 0 unspecified atom stereocenters. The Morgan fingerprint density at radius 1 is 0.892 bits per heavy atom. The van der Waals surface area contributed by atoms with Gasteiger partial charge >= 0.3 is 10.1 Å². The van der Waals surface area contributed by atoms with Crippen LogP contribution in [0.15, 0.2) is 23.2 Å². The van der Waals surface area contributed by atoms with E-state index in [1.165, 1.54) is 82.4 Å². The smallest absolute Gasteiger partial charge is 0.309 e. The molecule has 0 N–H and O–H groups in total. The molecule has 37 heavy (non-hydrogen) atoms. The van der Waals surface area contributed by atoms with Crippen molar-refractivity contribution in [2.45, 2.75) is 103 Å². The molecule has 1 rings (SSSR count). The standard InChI is InChI=1S/C28H39ClN4O3S/c1-2-3-4-5-6-7-8-9-10-11-12-13-14-15-20-37(34,35)36-25-16-17-26(29)28(21-25)33-27(18-19-30)24(22-31)23-32/h16-17,21,24H,2-15,18,20H2,1H3. The predicted molar refractivity (Wildman–Crippen MR) is 148 cm³/mol. The van der Waals surface area contributed by atoms with Crippen LogP contribution >= 0.6 is 11.6 Å². The molecule has 0 amide bonds. The molecular weight excluding hydrogens is 508 g/mol. The molecule has 0 bridgehead atoms. The van der Waals surface area contributed by atoms with E-state index in [1.54, 1.807) is 12.1 Å². The van der Waals surface area contributed by atoms with Crippen LogP contribution in [-0.4, -0.2) is 19.9 Å². The molecule has 0 heterocycles. The Balaban J connectivity index is 2.40. The molecule has 0 radical (unpaired) electrons. The lowest BCUT2D eigenvalue weighted by atomic mass is 10.0. The average Bonchev–Trinajstić information content (AvgIpc) is 2.87. The van der Waals surface area contributed by atoms with Crippen LogP contribution < -0.4 is 4.18 Å². The summed E-state index contributed by atoms with van der Waals surface area (Å²) in [6, 6.07) is 9.59. The van der Waals surface area contributed by atoms with Gasteiger partial charge < -0.3 is 4.18 Å². The van der Waals surface area contributed by atoms with E-state index in [9.17, 15) is 8.42 Å². The zero-order valence-electron chi connectivity index (χ0n) is 21.9. The highest BCUT2D eigenvalue weighted by atomic mass is 35.5. The van der Waals surface area contributed by atoms with Crippen LogP contribution in [-0.2, 0) is 10.1 Å². The lowest BCUT2D eigenvalue weighted by Gasteiger charge is -2.09. The second kappa shape index (κ2) is 19.5. The number of rotatable bonds is 20. The van der Waals surface area contributed by atoms with E-state index in [0.717, 1.165) is 19.3 Å². The Kier molecular flexibility index (Phi) is 17.1. The van der Waals surface area contributed by atoms with Crippen molar-refractivity contribution in [1.82, 2.24) is 0 Å². The molecule has 0 spiro atoms. The number of halogens is 1. The summed E-state index contributed by atoms with van der Waals surface area (Å²) in [6.07, 6.45) is 16.4. The van der Waals surface area contributed by atoms with Crippen molar-refractivity contribution in [3.63, 3.8) is 0 Å². The number of nitrogens with zero attached hydrogens (tertiary/aromatic N) is 4. The van der Waals surface area contributed by atoms with E-state index < -0.39 is 16.0 Å². The first kappa shape index (κ1) is 32.4. The summed E-state index contributed by atoms with van der Waals surface area (Å²) in [6.45, 7) is 2.24. The van der Waals surface area contributed by atoms with Gasteiger partial charge in [0.25, 0.3) is 0 Å². The first-order valence-electron chi connectivity index (χ1n) is 13.3. The van der Waals surface area contributed by atoms with Gasteiger partial charge in [0.1, 0.15) is 5.75 Å². The molecule has 7 nitrogen and oxygen atoms in total. The van der Waals surface area contributed by atoms with E-state index in [-0.39, 0.29) is 34.3 Å². The molecule has 0 fully saturated rings. The number of aliphatic imine (C=N–C) groups is 1. The summed E-state index contributed by atoms with van der Waals surface area (Å²) in [4.78, 5) is 4.17. The lowest BCUT2D eigenvalue weighted by molar-refractivity contribution is 0.481. The molecule has 1 aromatic rings. The first-order chi connectivity index (χ1) is 17.9. The lowest BCUT2D eigenvalue weighted by Crippen LogP contribution is -2.14. The predicted octanol–water partition coefficient (Wildman–Crippen LogP) is 8.18. The van der Waals surface area contributed by atoms with Gasteiger partial charge in [0, 0.05) is 6.07 Å². The van der Waals surface area contributed by atoms with Crippen LogP contribution in [0.4, 0.5) is 5.69 Å². The Labute approximate surface area is 228 Å². The van der Waals surface area contributed by atoms with Gasteiger partial charge in [-0.05, 0) is 18.6 Å². The molecule has 0 aromatic heterocycles. The third-order valence-electron chi connectivity index (χ3n) is 6.00. The minimum atomic E-state index is -3.79. The van der Waals surface area contributed by atoms with Gasteiger partial charge in [0.15, 0.2) is 5.92 Å². The van der Waals surface area contributed by atoms with E-state index in [4.69, 9.17) is 31.6 Å². The van der Waals surface area contributed by atoms with E-state index in [0.29, 0.717) is 6.42 Å². The molecule has 202 valence electrons. The average molecular weight is 547 g/mol. The monoisotopic (exact) mass is 546 g/mol. The van der Waals surface area contributed by atoms with Crippen LogP contribution in [0, 0.1) is 39.9 Å². The normalized spacial score (nSPS) is 11.6. The molecule has 0 aliphatic heterocycles. The summed E-state index contributed by atoms with van der Waals surface area (Å²) < 4.78 is 30.1. The number of nitriles is 3. The Morgan fingerprint density at radius 2 is 1.41 bits per heavy atom. The van der Waals surface area contributed by atoms with Crippen LogP contribution in [0.5, 0.6) is 5.75 Å². The summed E-state index contributed by atoms with van der Waals surface area (Å²) >= 11 is 6.14. The maximum absolute atomic E-state index is 12.4. The summed E-state index contributed by atoms with van der Waals surface area (Å²) in [5.74, 6) is -1.25. The van der Waals surface area contributed by atoms with Crippen LogP contribution in [0.2, 0.25) is 5.02 Å². The summed E-state index contributed by atoms with van der Waals surface area (Å²) in [5, 5.41) is 27.4. The first-order valence-corrected chi connectivity index (χ1v) is 15.3. The van der Waals surface area contributed by atoms with Gasteiger partial charge in [-0.1, -0.05) is 102 Å². The topological polar surface area (TPSA) is 127 Å². The molecule has 0 saturated heterocycles. The van der Waals surface area contributed by atoms with Gasteiger partial charge in [-0.2, -0.15) is 24.2 Å². The fraction of sp³-hybridized carbons (Fsp3) is 0.643. The van der Waals surface area contributed by atoms with Crippen molar-refractivity contribution >= 4 is 33.1 Å². The zero-order chi connectivity index (χ0) is 27.4. The zero-order valence-corrected chi connectivity index (χ0v) is 23.5. The molecule has 9 heteroatoms. The molecular formula is C28H39ClN4O3S. The summed E-state index contributed by atoms with van der Waals surface area (Å²) in [5.41, 5.74) is 0.170. The van der Waals surface area contributed by atoms with Gasteiger partial charge in [0.05, 0.1) is 46.8 Å². The van der Waals surface area contributed by atoms with E-state index in [2.05, 4.69) is 11.9 Å². The Bertz CT molecular complexity index is 1050. The Hall–Kier alpha value is -2.60. The molecule has 0 aliphatic rings. The molecule has 1 aromatic carbocycles. The van der Waals surface area contributed by atoms with Gasteiger partial charge in [-0.15, -0.1) is 0 Å². The number of unbranched alkanes of at least 4 members (excludes halogenated alkanes) is 13. The van der Waals surface area contributed by atoms with Gasteiger partial charge in [-0.25, -0.2) is 0 Å². The second-order valence-electron chi connectivity index (χ2n) is 9.18. The van der Waals surface area contributed by atoms with Crippen molar-refractivity contribution in [3.8, 4) is 24.0 Å². The third-order valence-corrected chi connectivity index (χ3v) is 7.56. The number of hydrogen-bond donors (Lipinski definition) is 0. The maximum Gasteiger partial charge on any atom is 0.309 e. The van der Waals surface area contributed by atoms with Crippen molar-refractivity contribution < 1.29 is 12.6 Å². The third kappa shape index (κ3) is 14.7. The number of benzene rings is 1. The Morgan fingerprint density at radius 3 is 1.89 bits per heavy atom. The van der Waals surface area contributed by atoms with E-state index in [1.807, 2.05) is 6.07 Å².